The van der Waals surface area contributed by atoms with Crippen LogP contribution in [-0.4, -0.2) is 10.2 Å². The first-order valence-electron chi connectivity index (χ1n) is 10.9. The molecule has 1 aliphatic rings. The topological polar surface area (TPSA) is 40.5 Å². The minimum absolute atomic E-state index is 0.254. The van der Waals surface area contributed by atoms with E-state index in [9.17, 15) is 10.2 Å². The molecule has 1 saturated carbocycles. The summed E-state index contributed by atoms with van der Waals surface area (Å²) in [6.45, 7) is 15.0. The zero-order valence-electron chi connectivity index (χ0n) is 18.5. The third-order valence-corrected chi connectivity index (χ3v) is 6.36. The van der Waals surface area contributed by atoms with Crippen molar-refractivity contribution >= 4 is 0 Å². The number of rotatable bonds is 6. The summed E-state index contributed by atoms with van der Waals surface area (Å²) in [5.41, 5.74) is 6.37. The van der Waals surface area contributed by atoms with Crippen LogP contribution in [0.2, 0.25) is 0 Å². The highest BCUT2D eigenvalue weighted by Gasteiger charge is 2.31. The Bertz CT molecular complexity index is 828. The number of benzene rings is 2. The molecule has 1 fully saturated rings. The smallest absolute Gasteiger partial charge is 0.122 e. The lowest BCUT2D eigenvalue weighted by atomic mass is 9.85. The Morgan fingerprint density at radius 2 is 0.929 bits per heavy atom. The Hall–Kier alpha value is -1.96. The molecule has 0 saturated heterocycles. The maximum atomic E-state index is 11.0. The van der Waals surface area contributed by atoms with Gasteiger partial charge in [-0.3, -0.25) is 0 Å². The van der Waals surface area contributed by atoms with Gasteiger partial charge in [-0.15, -0.1) is 0 Å². The first kappa shape index (κ1) is 20.8. The number of phenols is 2. The third kappa shape index (κ3) is 3.92. The zero-order valence-corrected chi connectivity index (χ0v) is 18.5. The van der Waals surface area contributed by atoms with Gasteiger partial charge in [0.15, 0.2) is 0 Å². The molecule has 0 radical (unpaired) electrons. The molecule has 0 bridgehead atoms. The van der Waals surface area contributed by atoms with Gasteiger partial charge in [-0.25, -0.2) is 0 Å². The van der Waals surface area contributed by atoms with Crippen molar-refractivity contribution in [2.45, 2.75) is 85.0 Å². The summed E-state index contributed by atoms with van der Waals surface area (Å²) in [7, 11) is 0. The van der Waals surface area contributed by atoms with Gasteiger partial charge >= 0.3 is 0 Å². The summed E-state index contributed by atoms with van der Waals surface area (Å²) in [5.74, 6) is 2.75. The minimum atomic E-state index is 0.254. The Morgan fingerprint density at radius 3 is 1.25 bits per heavy atom. The summed E-state index contributed by atoms with van der Waals surface area (Å²) >= 11 is 0. The lowest BCUT2D eigenvalue weighted by Gasteiger charge is -2.22. The van der Waals surface area contributed by atoms with Gasteiger partial charge in [-0.1, -0.05) is 48.5 Å². The van der Waals surface area contributed by atoms with Crippen LogP contribution < -0.4 is 0 Å². The van der Waals surface area contributed by atoms with E-state index < -0.39 is 0 Å². The Labute approximate surface area is 170 Å². The van der Waals surface area contributed by atoms with Crippen molar-refractivity contribution in [3.8, 4) is 22.6 Å². The van der Waals surface area contributed by atoms with Crippen molar-refractivity contribution in [3.05, 3.63) is 46.5 Å². The predicted octanol–water partition coefficient (Wildman–Crippen LogP) is 7.65. The van der Waals surface area contributed by atoms with Crippen LogP contribution in [0.1, 0.15) is 107 Å². The molecule has 2 aromatic rings. The molecule has 0 unspecified atom stereocenters. The van der Waals surface area contributed by atoms with E-state index in [1.807, 2.05) is 0 Å². The quantitative estimate of drug-likeness (QED) is 0.540. The van der Waals surface area contributed by atoms with E-state index >= 15 is 0 Å². The molecular weight excluding hydrogens is 344 g/mol. The van der Waals surface area contributed by atoms with Gasteiger partial charge in [0.1, 0.15) is 11.5 Å². The van der Waals surface area contributed by atoms with Gasteiger partial charge in [0.2, 0.25) is 0 Å². The van der Waals surface area contributed by atoms with Gasteiger partial charge in [0.25, 0.3) is 0 Å². The maximum Gasteiger partial charge on any atom is 0.122 e. The zero-order chi connectivity index (χ0) is 20.7. The van der Waals surface area contributed by atoms with E-state index in [4.69, 9.17) is 0 Å². The van der Waals surface area contributed by atoms with Gasteiger partial charge in [0, 0.05) is 0 Å². The van der Waals surface area contributed by atoms with Crippen molar-refractivity contribution in [2.24, 2.45) is 5.92 Å². The summed E-state index contributed by atoms with van der Waals surface area (Å²) in [6, 6.07) is 8.59. The van der Waals surface area contributed by atoms with Gasteiger partial charge in [-0.05, 0) is 100 Å². The fraction of sp³-hybridized carbons (Fsp3) is 0.538. The van der Waals surface area contributed by atoms with Crippen LogP contribution in [0.5, 0.6) is 11.5 Å². The molecule has 0 amide bonds. The van der Waals surface area contributed by atoms with E-state index in [0.29, 0.717) is 23.3 Å². The normalized spacial score (nSPS) is 15.6. The maximum absolute atomic E-state index is 11.0. The monoisotopic (exact) mass is 380 g/mol. The molecule has 1 atom stereocenters. The van der Waals surface area contributed by atoms with Crippen LogP contribution >= 0.6 is 0 Å². The molecule has 3 rings (SSSR count). The van der Waals surface area contributed by atoms with E-state index in [1.165, 1.54) is 12.8 Å². The molecule has 0 heterocycles. The molecule has 0 spiro atoms. The Morgan fingerprint density at radius 1 is 0.607 bits per heavy atom. The summed E-state index contributed by atoms with van der Waals surface area (Å²) in [5, 5.41) is 21.7. The van der Waals surface area contributed by atoms with Gasteiger partial charge < -0.3 is 10.2 Å². The Kier molecular flexibility index (Phi) is 5.79. The van der Waals surface area contributed by atoms with Crippen LogP contribution in [0.15, 0.2) is 24.3 Å². The van der Waals surface area contributed by atoms with E-state index in [1.54, 1.807) is 0 Å². The molecular formula is C26H36O2. The van der Waals surface area contributed by atoms with E-state index in [-0.39, 0.29) is 17.8 Å². The van der Waals surface area contributed by atoms with Crippen molar-refractivity contribution in [2.75, 3.05) is 0 Å². The SMILES string of the molecule is CC(C)c1cc(-c2cc(C(C)C)c(O)c([C@H](C)C3CC3)c2)cc(C(C)C)c1O. The summed E-state index contributed by atoms with van der Waals surface area (Å²) in [6.07, 6.45) is 2.52. The molecule has 0 aliphatic heterocycles. The molecule has 2 aromatic carbocycles. The number of aromatic hydroxyl groups is 2. The molecule has 152 valence electrons. The van der Waals surface area contributed by atoms with Crippen LogP contribution in [0, 0.1) is 5.92 Å². The van der Waals surface area contributed by atoms with Crippen molar-refractivity contribution in [3.63, 3.8) is 0 Å². The fourth-order valence-corrected chi connectivity index (χ4v) is 4.21. The minimum Gasteiger partial charge on any atom is -0.507 e. The average Bonchev–Trinajstić information content (AvgIpc) is 3.46. The number of hydrogen-bond acceptors (Lipinski definition) is 2. The summed E-state index contributed by atoms with van der Waals surface area (Å²) < 4.78 is 0. The Balaban J connectivity index is 2.22. The van der Waals surface area contributed by atoms with Crippen molar-refractivity contribution in [1.82, 2.24) is 0 Å². The first-order chi connectivity index (χ1) is 13.1. The second-order valence-electron chi connectivity index (χ2n) is 9.60. The highest BCUT2D eigenvalue weighted by Crippen LogP contribution is 2.48. The molecule has 28 heavy (non-hydrogen) atoms. The highest BCUT2D eigenvalue weighted by atomic mass is 16.3. The number of hydrogen-bond donors (Lipinski definition) is 2. The summed E-state index contributed by atoms with van der Waals surface area (Å²) in [4.78, 5) is 0. The van der Waals surface area contributed by atoms with Gasteiger partial charge in [-0.2, -0.15) is 0 Å². The van der Waals surface area contributed by atoms with Crippen molar-refractivity contribution in [1.29, 1.82) is 0 Å². The second kappa shape index (κ2) is 7.81. The molecule has 2 N–H and O–H groups in total. The first-order valence-corrected chi connectivity index (χ1v) is 10.9. The molecule has 0 aromatic heterocycles. The molecule has 1 aliphatic carbocycles. The standard InChI is InChI=1S/C26H36O2/c1-14(2)21-10-19(11-22(15(3)4)25(21)27)20-12-23(16(5)6)26(28)24(13-20)17(7)18-8-9-18/h10-18,27-28H,8-9H2,1-7H3/t17-/m1/s1. The largest absolute Gasteiger partial charge is 0.507 e. The van der Waals surface area contributed by atoms with E-state index in [2.05, 4.69) is 72.7 Å². The lowest BCUT2D eigenvalue weighted by molar-refractivity contribution is 0.448. The number of phenolic OH excluding ortho intramolecular Hbond substituents is 2. The fourth-order valence-electron chi connectivity index (χ4n) is 4.21. The van der Waals surface area contributed by atoms with Crippen LogP contribution in [-0.2, 0) is 0 Å². The third-order valence-electron chi connectivity index (χ3n) is 6.36. The lowest BCUT2D eigenvalue weighted by Crippen LogP contribution is -2.02. The van der Waals surface area contributed by atoms with Crippen LogP contribution in [0.3, 0.4) is 0 Å². The molecule has 2 nitrogen and oxygen atoms in total. The average molecular weight is 381 g/mol. The van der Waals surface area contributed by atoms with E-state index in [0.717, 1.165) is 33.4 Å². The van der Waals surface area contributed by atoms with Crippen LogP contribution in [0.25, 0.3) is 11.1 Å². The predicted molar refractivity (Wildman–Crippen MR) is 119 cm³/mol. The van der Waals surface area contributed by atoms with Crippen LogP contribution in [0.4, 0.5) is 0 Å². The van der Waals surface area contributed by atoms with Gasteiger partial charge in [0.05, 0.1) is 0 Å². The second-order valence-corrected chi connectivity index (χ2v) is 9.60. The molecule has 2 heteroatoms. The highest BCUT2D eigenvalue weighted by molar-refractivity contribution is 5.71. The van der Waals surface area contributed by atoms with Crippen molar-refractivity contribution < 1.29 is 10.2 Å².